The molecule has 2 rings (SSSR count). The number of aromatic nitrogens is 2. The average molecular weight is 346 g/mol. The van der Waals surface area contributed by atoms with Gasteiger partial charge < -0.3 is 19.1 Å². The van der Waals surface area contributed by atoms with Gasteiger partial charge in [-0.05, 0) is 24.8 Å². The maximum Gasteiger partial charge on any atom is 0.303 e. The number of carboxylic acids is 1. The van der Waals surface area contributed by atoms with Crippen LogP contribution >= 0.6 is 0 Å². The van der Waals surface area contributed by atoms with Crippen molar-refractivity contribution in [2.24, 2.45) is 0 Å². The minimum atomic E-state index is -0.763. The Morgan fingerprint density at radius 3 is 2.68 bits per heavy atom. The molecule has 1 aromatic heterocycles. The van der Waals surface area contributed by atoms with Crippen molar-refractivity contribution in [3.05, 3.63) is 54.6 Å². The lowest BCUT2D eigenvalue weighted by Gasteiger charge is -2.18. The third kappa shape index (κ3) is 7.96. The molecule has 0 aliphatic rings. The Hall–Kier alpha value is -2.18. The maximum absolute atomic E-state index is 10.7. The van der Waals surface area contributed by atoms with Crippen LogP contribution in [0.1, 0.15) is 37.3 Å². The fourth-order valence-electron chi connectivity index (χ4n) is 2.54. The first-order valence-corrected chi connectivity index (χ1v) is 8.64. The molecule has 2 aromatic rings. The fourth-order valence-corrected chi connectivity index (χ4v) is 2.54. The van der Waals surface area contributed by atoms with Crippen LogP contribution in [0.25, 0.3) is 0 Å². The van der Waals surface area contributed by atoms with E-state index in [9.17, 15) is 4.79 Å². The van der Waals surface area contributed by atoms with Gasteiger partial charge in [-0.2, -0.15) is 0 Å². The van der Waals surface area contributed by atoms with Crippen molar-refractivity contribution in [1.82, 2.24) is 9.55 Å². The zero-order chi connectivity index (χ0) is 17.7. The molecule has 0 aliphatic heterocycles. The third-order valence-electron chi connectivity index (χ3n) is 3.87. The molecule has 0 saturated heterocycles. The van der Waals surface area contributed by atoms with Gasteiger partial charge in [0.05, 0.1) is 25.6 Å². The Kier molecular flexibility index (Phi) is 8.72. The number of nitrogens with zero attached hydrogens (tertiary/aromatic N) is 2. The Morgan fingerprint density at radius 1 is 1.16 bits per heavy atom. The molecule has 1 heterocycles. The van der Waals surface area contributed by atoms with Gasteiger partial charge in [0.15, 0.2) is 0 Å². The van der Waals surface area contributed by atoms with Crippen LogP contribution in [0.4, 0.5) is 0 Å². The summed E-state index contributed by atoms with van der Waals surface area (Å²) < 4.78 is 13.4. The summed E-state index contributed by atoms with van der Waals surface area (Å²) >= 11 is 0. The van der Waals surface area contributed by atoms with Crippen LogP contribution in [0.3, 0.4) is 0 Å². The van der Waals surface area contributed by atoms with Crippen molar-refractivity contribution < 1.29 is 19.4 Å². The molecule has 6 heteroatoms. The second kappa shape index (κ2) is 11.4. The van der Waals surface area contributed by atoms with Crippen molar-refractivity contribution in [3.63, 3.8) is 0 Å². The van der Waals surface area contributed by atoms with E-state index >= 15 is 0 Å². The van der Waals surface area contributed by atoms with Gasteiger partial charge in [-0.25, -0.2) is 4.98 Å². The highest BCUT2D eigenvalue weighted by Crippen LogP contribution is 2.15. The molecule has 0 bridgehead atoms. The van der Waals surface area contributed by atoms with E-state index in [0.29, 0.717) is 32.8 Å². The summed E-state index contributed by atoms with van der Waals surface area (Å²) in [5, 5.41) is 8.77. The largest absolute Gasteiger partial charge is 0.481 e. The average Bonchev–Trinajstić information content (AvgIpc) is 3.14. The normalized spacial score (nSPS) is 12.2. The highest BCUT2D eigenvalue weighted by atomic mass is 16.5. The molecule has 6 nitrogen and oxygen atoms in total. The Balaban J connectivity index is 1.59. The minimum absolute atomic E-state index is 0.118. The van der Waals surface area contributed by atoms with E-state index in [0.717, 1.165) is 12.8 Å². The zero-order valence-corrected chi connectivity index (χ0v) is 14.4. The van der Waals surface area contributed by atoms with Gasteiger partial charge in [-0.15, -0.1) is 0 Å². The second-order valence-corrected chi connectivity index (χ2v) is 5.92. The molecule has 1 N–H and O–H groups in total. The second-order valence-electron chi connectivity index (χ2n) is 5.92. The molecule has 0 spiro atoms. The Morgan fingerprint density at radius 2 is 1.96 bits per heavy atom. The van der Waals surface area contributed by atoms with Crippen molar-refractivity contribution in [3.8, 4) is 0 Å². The van der Waals surface area contributed by atoms with E-state index in [1.165, 1.54) is 5.56 Å². The van der Waals surface area contributed by atoms with Crippen LogP contribution in [-0.2, 0) is 20.9 Å². The first-order chi connectivity index (χ1) is 12.3. The number of imidazole rings is 1. The van der Waals surface area contributed by atoms with Crippen LogP contribution in [-0.4, -0.2) is 40.4 Å². The van der Waals surface area contributed by atoms with E-state index < -0.39 is 5.97 Å². The molecule has 0 radical (unpaired) electrons. The van der Waals surface area contributed by atoms with Crippen LogP contribution in [0.5, 0.6) is 0 Å². The number of hydrogen-bond acceptors (Lipinski definition) is 4. The standard InChI is InChI=1S/C19H26N2O4/c22-19(23)9-4-8-18(21-11-10-20-16-21)15-25-13-5-12-24-14-17-6-2-1-3-7-17/h1-3,6-7,10-11,16,18H,4-5,8-9,12-15H2,(H,22,23). The third-order valence-corrected chi connectivity index (χ3v) is 3.87. The van der Waals surface area contributed by atoms with Gasteiger partial charge >= 0.3 is 5.97 Å². The van der Waals surface area contributed by atoms with Gasteiger partial charge in [0.1, 0.15) is 0 Å². The van der Waals surface area contributed by atoms with Crippen molar-refractivity contribution in [1.29, 1.82) is 0 Å². The predicted octanol–water partition coefficient (Wildman–Crippen LogP) is 3.30. The summed E-state index contributed by atoms with van der Waals surface area (Å²) in [5.41, 5.74) is 1.17. The maximum atomic E-state index is 10.7. The molecule has 1 atom stereocenters. The Bertz CT molecular complexity index is 587. The van der Waals surface area contributed by atoms with Crippen LogP contribution in [0.15, 0.2) is 49.1 Å². The van der Waals surface area contributed by atoms with Crippen LogP contribution in [0, 0.1) is 0 Å². The van der Waals surface area contributed by atoms with E-state index in [-0.39, 0.29) is 12.5 Å². The van der Waals surface area contributed by atoms with Gasteiger partial charge in [-0.1, -0.05) is 30.3 Å². The lowest BCUT2D eigenvalue weighted by molar-refractivity contribution is -0.137. The fraction of sp³-hybridized carbons (Fsp3) is 0.474. The smallest absolute Gasteiger partial charge is 0.303 e. The highest BCUT2D eigenvalue weighted by Gasteiger charge is 2.11. The van der Waals surface area contributed by atoms with E-state index in [2.05, 4.69) is 4.98 Å². The summed E-state index contributed by atoms with van der Waals surface area (Å²) in [4.78, 5) is 14.7. The molecular formula is C19H26N2O4. The molecule has 0 saturated carbocycles. The quantitative estimate of drug-likeness (QED) is 0.563. The van der Waals surface area contributed by atoms with Gasteiger partial charge in [0.25, 0.3) is 0 Å². The first kappa shape index (κ1) is 19.1. The van der Waals surface area contributed by atoms with E-state index in [4.69, 9.17) is 14.6 Å². The molecule has 25 heavy (non-hydrogen) atoms. The molecule has 1 unspecified atom stereocenters. The number of rotatable bonds is 13. The van der Waals surface area contributed by atoms with Crippen molar-refractivity contribution >= 4 is 5.97 Å². The molecule has 0 amide bonds. The molecule has 0 fully saturated rings. The van der Waals surface area contributed by atoms with Crippen LogP contribution in [0.2, 0.25) is 0 Å². The molecule has 1 aromatic carbocycles. The zero-order valence-electron chi connectivity index (χ0n) is 14.4. The SMILES string of the molecule is O=C(O)CCCC(COCCCOCc1ccccc1)n1ccnc1. The predicted molar refractivity (Wildman–Crippen MR) is 94.3 cm³/mol. The summed E-state index contributed by atoms with van der Waals surface area (Å²) in [6.45, 7) is 2.45. The van der Waals surface area contributed by atoms with Gasteiger partial charge in [0.2, 0.25) is 0 Å². The van der Waals surface area contributed by atoms with Crippen LogP contribution < -0.4 is 0 Å². The molecule has 0 aliphatic carbocycles. The van der Waals surface area contributed by atoms with Gasteiger partial charge in [-0.3, -0.25) is 4.79 Å². The lowest BCUT2D eigenvalue weighted by atomic mass is 10.1. The van der Waals surface area contributed by atoms with E-state index in [1.54, 1.807) is 12.5 Å². The van der Waals surface area contributed by atoms with E-state index in [1.807, 2.05) is 41.1 Å². The monoisotopic (exact) mass is 346 g/mol. The Labute approximate surface area is 148 Å². The van der Waals surface area contributed by atoms with Crippen molar-refractivity contribution in [2.75, 3.05) is 19.8 Å². The first-order valence-electron chi connectivity index (χ1n) is 8.64. The van der Waals surface area contributed by atoms with Crippen molar-refractivity contribution in [2.45, 2.75) is 38.3 Å². The minimum Gasteiger partial charge on any atom is -0.481 e. The van der Waals surface area contributed by atoms with Gasteiger partial charge in [0, 0.05) is 32.0 Å². The molecular weight excluding hydrogens is 320 g/mol. The topological polar surface area (TPSA) is 73.6 Å². The summed E-state index contributed by atoms with van der Waals surface area (Å²) in [7, 11) is 0. The number of ether oxygens (including phenoxy) is 2. The number of carboxylic acid groups (broad SMARTS) is 1. The summed E-state index contributed by atoms with van der Waals surface area (Å²) in [6.07, 6.45) is 7.75. The summed E-state index contributed by atoms with van der Waals surface area (Å²) in [6, 6.07) is 10.2. The number of aliphatic carboxylic acids is 1. The number of hydrogen-bond donors (Lipinski definition) is 1. The highest BCUT2D eigenvalue weighted by molar-refractivity contribution is 5.66. The lowest BCUT2D eigenvalue weighted by Crippen LogP contribution is -2.16. The summed E-state index contributed by atoms with van der Waals surface area (Å²) in [5.74, 6) is -0.763. The number of carbonyl (C=O) groups is 1. The molecule has 136 valence electrons. The number of benzene rings is 1.